The lowest BCUT2D eigenvalue weighted by Crippen LogP contribution is -2.32. The van der Waals surface area contributed by atoms with E-state index in [1.165, 1.54) is 0 Å². The Morgan fingerprint density at radius 3 is 2.95 bits per heavy atom. The fourth-order valence-electron chi connectivity index (χ4n) is 2.05. The second-order valence-electron chi connectivity index (χ2n) is 5.07. The maximum absolute atomic E-state index is 12.2. The quantitative estimate of drug-likeness (QED) is 0.754. The van der Waals surface area contributed by atoms with Crippen LogP contribution in [0, 0.1) is 6.92 Å². The number of rotatable bonds is 6. The molecule has 1 aromatic carbocycles. The van der Waals surface area contributed by atoms with E-state index in [2.05, 4.69) is 20.5 Å². The van der Waals surface area contributed by atoms with Crippen LogP contribution in [-0.4, -0.2) is 38.8 Å². The van der Waals surface area contributed by atoms with Gasteiger partial charge in [-0.05, 0) is 38.8 Å². The maximum Gasteiger partial charge on any atom is 0.251 e. The lowest BCUT2D eigenvalue weighted by molar-refractivity contribution is 0.0936. The molecule has 0 aliphatic heterocycles. The number of aromatic amines is 1. The van der Waals surface area contributed by atoms with Gasteiger partial charge in [-0.25, -0.2) is 4.98 Å². The lowest BCUT2D eigenvalue weighted by atomic mass is 10.1. The van der Waals surface area contributed by atoms with Gasteiger partial charge in [0.2, 0.25) is 0 Å². The molecule has 2 aromatic rings. The first-order valence-electron chi connectivity index (χ1n) is 7.01. The van der Waals surface area contributed by atoms with E-state index in [0.29, 0.717) is 17.8 Å². The molecule has 1 unspecified atom stereocenters. The number of aliphatic hydroxyl groups excluding tert-OH is 1. The van der Waals surface area contributed by atoms with Crippen LogP contribution in [0.2, 0.25) is 0 Å². The fraction of sp³-hybridized carbons (Fsp3) is 0.400. The van der Waals surface area contributed by atoms with Gasteiger partial charge in [0.15, 0.2) is 5.82 Å². The van der Waals surface area contributed by atoms with Crippen LogP contribution in [0.5, 0.6) is 0 Å². The Bertz CT molecular complexity index is 609. The van der Waals surface area contributed by atoms with E-state index in [4.69, 9.17) is 5.11 Å². The molecule has 0 saturated heterocycles. The predicted octanol–water partition coefficient (Wildman–Crippen LogP) is 1.67. The van der Waals surface area contributed by atoms with Crippen molar-refractivity contribution in [2.24, 2.45) is 0 Å². The summed E-state index contributed by atoms with van der Waals surface area (Å²) in [5, 5.41) is 18.6. The average molecular weight is 288 g/mol. The van der Waals surface area contributed by atoms with Gasteiger partial charge in [0.1, 0.15) is 5.82 Å². The summed E-state index contributed by atoms with van der Waals surface area (Å²) in [4.78, 5) is 16.4. The molecule has 2 rings (SSSR count). The van der Waals surface area contributed by atoms with Crippen LogP contribution in [0.4, 0.5) is 0 Å². The van der Waals surface area contributed by atoms with Gasteiger partial charge in [-0.2, -0.15) is 5.10 Å². The van der Waals surface area contributed by atoms with Gasteiger partial charge < -0.3 is 10.4 Å². The van der Waals surface area contributed by atoms with Crippen molar-refractivity contribution in [3.05, 3.63) is 35.7 Å². The third kappa shape index (κ3) is 4.13. The Morgan fingerprint density at radius 2 is 2.29 bits per heavy atom. The molecular formula is C15H20N4O2. The van der Waals surface area contributed by atoms with Crippen LogP contribution in [-0.2, 0) is 0 Å². The topological polar surface area (TPSA) is 90.9 Å². The summed E-state index contributed by atoms with van der Waals surface area (Å²) >= 11 is 0. The summed E-state index contributed by atoms with van der Waals surface area (Å²) in [6, 6.07) is 7.25. The molecule has 0 aliphatic carbocycles. The molecule has 0 fully saturated rings. The zero-order chi connectivity index (χ0) is 15.2. The molecule has 0 bridgehead atoms. The van der Waals surface area contributed by atoms with Crippen LogP contribution < -0.4 is 5.32 Å². The first kappa shape index (κ1) is 15.2. The number of aliphatic hydroxyl groups is 1. The average Bonchev–Trinajstić information content (AvgIpc) is 2.92. The first-order chi connectivity index (χ1) is 10.1. The van der Waals surface area contributed by atoms with Crippen LogP contribution >= 0.6 is 0 Å². The molecule has 0 spiro atoms. The van der Waals surface area contributed by atoms with E-state index in [9.17, 15) is 4.79 Å². The van der Waals surface area contributed by atoms with E-state index in [1.54, 1.807) is 12.1 Å². The van der Waals surface area contributed by atoms with Gasteiger partial charge in [-0.1, -0.05) is 12.1 Å². The number of carbonyl (C=O) groups excluding carboxylic acids is 1. The number of benzene rings is 1. The molecule has 0 radical (unpaired) electrons. The van der Waals surface area contributed by atoms with E-state index in [1.807, 2.05) is 26.0 Å². The van der Waals surface area contributed by atoms with Crippen LogP contribution in [0.3, 0.4) is 0 Å². The Morgan fingerprint density at radius 1 is 1.48 bits per heavy atom. The largest absolute Gasteiger partial charge is 0.396 e. The minimum Gasteiger partial charge on any atom is -0.396 e. The van der Waals surface area contributed by atoms with Crippen molar-refractivity contribution in [1.29, 1.82) is 0 Å². The van der Waals surface area contributed by atoms with Crippen molar-refractivity contribution in [2.75, 3.05) is 6.61 Å². The fourth-order valence-corrected chi connectivity index (χ4v) is 2.05. The van der Waals surface area contributed by atoms with Gasteiger partial charge in [-0.15, -0.1) is 0 Å². The zero-order valence-electron chi connectivity index (χ0n) is 12.3. The van der Waals surface area contributed by atoms with Gasteiger partial charge in [0.05, 0.1) is 0 Å². The zero-order valence-corrected chi connectivity index (χ0v) is 12.3. The Balaban J connectivity index is 2.08. The van der Waals surface area contributed by atoms with Crippen molar-refractivity contribution in [3.63, 3.8) is 0 Å². The smallest absolute Gasteiger partial charge is 0.251 e. The molecule has 3 N–H and O–H groups in total. The Labute approximate surface area is 123 Å². The third-order valence-corrected chi connectivity index (χ3v) is 3.15. The Kier molecular flexibility index (Phi) is 5.05. The van der Waals surface area contributed by atoms with Crippen molar-refractivity contribution in [1.82, 2.24) is 20.5 Å². The second-order valence-corrected chi connectivity index (χ2v) is 5.07. The van der Waals surface area contributed by atoms with Gasteiger partial charge in [0.25, 0.3) is 5.91 Å². The number of nitrogens with one attached hydrogen (secondary N) is 2. The second kappa shape index (κ2) is 6.99. The molecule has 1 atom stereocenters. The SMILES string of the molecule is Cc1nc(-c2cccc(C(=O)NC(C)CCCO)c2)n[nH]1. The number of aryl methyl sites for hydroxylation is 1. The van der Waals surface area contributed by atoms with Gasteiger partial charge in [-0.3, -0.25) is 9.89 Å². The molecule has 0 aliphatic rings. The highest BCUT2D eigenvalue weighted by Gasteiger charge is 2.11. The van der Waals surface area contributed by atoms with Crippen molar-refractivity contribution in [2.45, 2.75) is 32.7 Å². The summed E-state index contributed by atoms with van der Waals surface area (Å²) in [6.45, 7) is 3.89. The van der Waals surface area contributed by atoms with E-state index < -0.39 is 0 Å². The molecule has 1 aromatic heterocycles. The molecule has 6 heteroatoms. The van der Waals surface area contributed by atoms with E-state index >= 15 is 0 Å². The predicted molar refractivity (Wildman–Crippen MR) is 79.8 cm³/mol. The molecule has 6 nitrogen and oxygen atoms in total. The van der Waals surface area contributed by atoms with Crippen molar-refractivity contribution < 1.29 is 9.90 Å². The van der Waals surface area contributed by atoms with Crippen LogP contribution in [0.1, 0.15) is 35.9 Å². The number of hydrogen-bond donors (Lipinski definition) is 3. The van der Waals surface area contributed by atoms with Gasteiger partial charge >= 0.3 is 0 Å². The minimum atomic E-state index is -0.130. The highest BCUT2D eigenvalue weighted by atomic mass is 16.3. The Hall–Kier alpha value is -2.21. The number of nitrogens with zero attached hydrogens (tertiary/aromatic N) is 2. The molecule has 21 heavy (non-hydrogen) atoms. The minimum absolute atomic E-state index is 0.0269. The summed E-state index contributed by atoms with van der Waals surface area (Å²) < 4.78 is 0. The number of H-pyrrole nitrogens is 1. The summed E-state index contributed by atoms with van der Waals surface area (Å²) in [7, 11) is 0. The number of amides is 1. The number of aromatic nitrogens is 3. The number of hydrogen-bond acceptors (Lipinski definition) is 4. The highest BCUT2D eigenvalue weighted by Crippen LogP contribution is 2.16. The van der Waals surface area contributed by atoms with Crippen LogP contribution in [0.25, 0.3) is 11.4 Å². The molecule has 0 saturated carbocycles. The highest BCUT2D eigenvalue weighted by molar-refractivity contribution is 5.95. The van der Waals surface area contributed by atoms with E-state index in [0.717, 1.165) is 17.8 Å². The normalized spacial score (nSPS) is 12.1. The van der Waals surface area contributed by atoms with Crippen molar-refractivity contribution in [3.8, 4) is 11.4 Å². The monoisotopic (exact) mass is 288 g/mol. The molecule has 1 amide bonds. The third-order valence-electron chi connectivity index (χ3n) is 3.15. The summed E-state index contributed by atoms with van der Waals surface area (Å²) in [5.41, 5.74) is 1.38. The maximum atomic E-state index is 12.2. The van der Waals surface area contributed by atoms with E-state index in [-0.39, 0.29) is 18.6 Å². The van der Waals surface area contributed by atoms with Gasteiger partial charge in [0, 0.05) is 23.8 Å². The first-order valence-corrected chi connectivity index (χ1v) is 7.01. The van der Waals surface area contributed by atoms with Crippen LogP contribution in [0.15, 0.2) is 24.3 Å². The molecule has 112 valence electrons. The molecule has 1 heterocycles. The lowest BCUT2D eigenvalue weighted by Gasteiger charge is -2.13. The standard InChI is InChI=1S/C15H20N4O2/c1-10(5-4-8-20)16-15(21)13-7-3-6-12(9-13)14-17-11(2)18-19-14/h3,6-7,9-10,20H,4-5,8H2,1-2H3,(H,16,21)(H,17,18,19). The molecular weight excluding hydrogens is 268 g/mol. The number of carbonyl (C=O) groups is 1. The summed E-state index contributed by atoms with van der Waals surface area (Å²) in [6.07, 6.45) is 1.43. The summed E-state index contributed by atoms with van der Waals surface area (Å²) in [5.74, 6) is 1.18. The van der Waals surface area contributed by atoms with Crippen molar-refractivity contribution >= 4 is 5.91 Å².